The van der Waals surface area contributed by atoms with Crippen molar-refractivity contribution in [3.8, 4) is 0 Å². The Morgan fingerprint density at radius 1 is 1.32 bits per heavy atom. The molecule has 1 aromatic rings. The molecule has 3 amide bonds. The van der Waals surface area contributed by atoms with Gasteiger partial charge in [-0.15, -0.1) is 0 Å². The van der Waals surface area contributed by atoms with Crippen LogP contribution in [0.5, 0.6) is 0 Å². The number of nitrogens with one attached hydrogen (secondary N) is 2. The zero-order valence-corrected chi connectivity index (χ0v) is 12.9. The molecule has 1 rings (SSSR count). The number of halogens is 1. The van der Waals surface area contributed by atoms with Crippen LogP contribution in [0.15, 0.2) is 18.2 Å². The summed E-state index contributed by atoms with van der Waals surface area (Å²) < 4.78 is 4.78. The van der Waals surface area contributed by atoms with E-state index in [2.05, 4.69) is 5.32 Å². The van der Waals surface area contributed by atoms with Gasteiger partial charge in [-0.1, -0.05) is 31.0 Å². The van der Waals surface area contributed by atoms with E-state index in [1.54, 1.807) is 0 Å². The zero-order valence-electron chi connectivity index (χ0n) is 12.1. The van der Waals surface area contributed by atoms with Gasteiger partial charge in [0.05, 0.1) is 16.3 Å². The third-order valence-corrected chi connectivity index (χ3v) is 3.01. The Bertz CT molecular complexity index is 563. The van der Waals surface area contributed by atoms with Gasteiger partial charge in [0.25, 0.3) is 5.91 Å². The lowest BCUT2D eigenvalue weighted by Crippen LogP contribution is -2.41. The number of hydrogen-bond donors (Lipinski definition) is 3. The number of rotatable bonds is 6. The lowest BCUT2D eigenvalue weighted by Gasteiger charge is -2.08. The average Bonchev–Trinajstić information content (AvgIpc) is 2.48. The van der Waals surface area contributed by atoms with Crippen LogP contribution in [0, 0.1) is 0 Å². The minimum atomic E-state index is -0.790. The Hall–Kier alpha value is -2.28. The molecule has 4 N–H and O–H groups in total. The van der Waals surface area contributed by atoms with E-state index >= 15 is 0 Å². The van der Waals surface area contributed by atoms with E-state index in [0.29, 0.717) is 6.54 Å². The Labute approximate surface area is 133 Å². The predicted octanol–water partition coefficient (Wildman–Crippen LogP) is 1.70. The van der Waals surface area contributed by atoms with Crippen LogP contribution < -0.4 is 16.4 Å². The average molecular weight is 328 g/mol. The molecule has 0 aliphatic carbocycles. The number of carbonyl (C=O) groups is 3. The first-order chi connectivity index (χ1) is 10.5. The van der Waals surface area contributed by atoms with Crippen molar-refractivity contribution in [2.24, 2.45) is 0 Å². The maximum absolute atomic E-state index is 11.8. The minimum absolute atomic E-state index is 0.0627. The maximum Gasteiger partial charge on any atom is 0.340 e. The Kier molecular flexibility index (Phi) is 7.18. The van der Waals surface area contributed by atoms with Gasteiger partial charge in [-0.25, -0.2) is 9.59 Å². The van der Waals surface area contributed by atoms with Crippen molar-refractivity contribution in [2.45, 2.75) is 19.8 Å². The monoisotopic (exact) mass is 327 g/mol. The molecule has 0 unspecified atom stereocenters. The lowest BCUT2D eigenvalue weighted by molar-refractivity contribution is -0.123. The molecule has 0 atom stereocenters. The van der Waals surface area contributed by atoms with E-state index in [1.165, 1.54) is 18.2 Å². The SMILES string of the molecule is CCCCNC(=O)NC(=O)COC(=O)c1cccc(Cl)c1N. The van der Waals surface area contributed by atoms with Gasteiger partial charge in [-0.2, -0.15) is 0 Å². The summed E-state index contributed by atoms with van der Waals surface area (Å²) in [6.07, 6.45) is 1.73. The number of urea groups is 1. The zero-order chi connectivity index (χ0) is 16.5. The number of imide groups is 1. The number of ether oxygens (including phenoxy) is 1. The summed E-state index contributed by atoms with van der Waals surface area (Å²) >= 11 is 5.78. The highest BCUT2D eigenvalue weighted by Gasteiger charge is 2.15. The molecule has 8 heteroatoms. The van der Waals surface area contributed by atoms with Crippen molar-refractivity contribution in [1.29, 1.82) is 0 Å². The van der Waals surface area contributed by atoms with E-state index in [4.69, 9.17) is 22.1 Å². The molecule has 22 heavy (non-hydrogen) atoms. The summed E-state index contributed by atoms with van der Waals surface area (Å²) in [4.78, 5) is 34.6. The van der Waals surface area contributed by atoms with Crippen LogP contribution in [-0.4, -0.2) is 31.1 Å². The Balaban J connectivity index is 2.42. The van der Waals surface area contributed by atoms with Crippen LogP contribution in [0.1, 0.15) is 30.1 Å². The second kappa shape index (κ2) is 8.89. The number of para-hydroxylation sites is 1. The third-order valence-electron chi connectivity index (χ3n) is 2.68. The molecule has 0 radical (unpaired) electrons. The first-order valence-electron chi connectivity index (χ1n) is 6.74. The molecule has 0 aliphatic heterocycles. The molecule has 0 fully saturated rings. The second-order valence-electron chi connectivity index (χ2n) is 4.43. The summed E-state index contributed by atoms with van der Waals surface area (Å²) in [5, 5.41) is 4.77. The fourth-order valence-corrected chi connectivity index (χ4v) is 1.68. The lowest BCUT2D eigenvalue weighted by atomic mass is 10.2. The fraction of sp³-hybridized carbons (Fsp3) is 0.357. The molecule has 0 saturated carbocycles. The third kappa shape index (κ3) is 5.61. The number of amides is 3. The summed E-state index contributed by atoms with van der Waals surface area (Å²) in [6, 6.07) is 3.87. The van der Waals surface area contributed by atoms with Crippen molar-refractivity contribution >= 4 is 35.2 Å². The molecule has 120 valence electrons. The fourth-order valence-electron chi connectivity index (χ4n) is 1.51. The standard InChI is InChI=1S/C14H18ClN3O4/c1-2-3-7-17-14(21)18-11(19)8-22-13(20)9-5-4-6-10(15)12(9)16/h4-6H,2-3,7-8,16H2,1H3,(H2,17,18,19,21). The minimum Gasteiger partial charge on any atom is -0.452 e. The van der Waals surface area contributed by atoms with Gasteiger partial charge in [0, 0.05) is 6.54 Å². The van der Waals surface area contributed by atoms with Crippen LogP contribution in [-0.2, 0) is 9.53 Å². The van der Waals surface area contributed by atoms with E-state index in [0.717, 1.165) is 12.8 Å². The second-order valence-corrected chi connectivity index (χ2v) is 4.84. The Morgan fingerprint density at radius 3 is 2.73 bits per heavy atom. The van der Waals surface area contributed by atoms with Crippen LogP contribution >= 0.6 is 11.6 Å². The highest BCUT2D eigenvalue weighted by molar-refractivity contribution is 6.33. The molecule has 0 saturated heterocycles. The van der Waals surface area contributed by atoms with E-state index < -0.39 is 24.5 Å². The normalized spacial score (nSPS) is 9.91. The highest BCUT2D eigenvalue weighted by Crippen LogP contribution is 2.22. The molecule has 0 aliphatic rings. The highest BCUT2D eigenvalue weighted by atomic mass is 35.5. The Morgan fingerprint density at radius 2 is 2.05 bits per heavy atom. The summed E-state index contributed by atoms with van der Waals surface area (Å²) in [5.74, 6) is -1.52. The number of carbonyl (C=O) groups excluding carboxylic acids is 3. The number of nitrogens with two attached hydrogens (primary N) is 1. The number of esters is 1. The molecule has 0 bridgehead atoms. The van der Waals surface area contributed by atoms with Crippen molar-refractivity contribution < 1.29 is 19.1 Å². The topological polar surface area (TPSA) is 111 Å². The van der Waals surface area contributed by atoms with Crippen molar-refractivity contribution in [3.05, 3.63) is 28.8 Å². The number of nitrogen functional groups attached to an aromatic ring is 1. The van der Waals surface area contributed by atoms with Gasteiger partial charge < -0.3 is 15.8 Å². The van der Waals surface area contributed by atoms with Crippen molar-refractivity contribution in [1.82, 2.24) is 10.6 Å². The number of unbranched alkanes of at least 4 members (excludes halogenated alkanes) is 1. The van der Waals surface area contributed by atoms with Gasteiger partial charge in [-0.05, 0) is 18.6 Å². The largest absolute Gasteiger partial charge is 0.452 e. The van der Waals surface area contributed by atoms with E-state index in [-0.39, 0.29) is 16.3 Å². The number of benzene rings is 1. The molecular formula is C14H18ClN3O4. The van der Waals surface area contributed by atoms with E-state index in [9.17, 15) is 14.4 Å². The van der Waals surface area contributed by atoms with E-state index in [1.807, 2.05) is 12.2 Å². The van der Waals surface area contributed by atoms with Gasteiger partial charge in [0.2, 0.25) is 0 Å². The summed E-state index contributed by atoms with van der Waals surface area (Å²) in [7, 11) is 0. The first kappa shape index (κ1) is 17.8. The number of hydrogen-bond acceptors (Lipinski definition) is 5. The van der Waals surface area contributed by atoms with Crippen LogP contribution in [0.25, 0.3) is 0 Å². The van der Waals surface area contributed by atoms with Crippen LogP contribution in [0.2, 0.25) is 5.02 Å². The van der Waals surface area contributed by atoms with Crippen LogP contribution in [0.4, 0.5) is 10.5 Å². The molecule has 0 spiro atoms. The summed E-state index contributed by atoms with van der Waals surface area (Å²) in [6.45, 7) is 1.85. The molecule has 1 aromatic carbocycles. The predicted molar refractivity (Wildman–Crippen MR) is 82.6 cm³/mol. The van der Waals surface area contributed by atoms with Crippen LogP contribution in [0.3, 0.4) is 0 Å². The molecular weight excluding hydrogens is 310 g/mol. The van der Waals surface area contributed by atoms with Crippen molar-refractivity contribution in [3.63, 3.8) is 0 Å². The maximum atomic E-state index is 11.8. The molecule has 0 aromatic heterocycles. The quantitative estimate of drug-likeness (QED) is 0.418. The molecule has 7 nitrogen and oxygen atoms in total. The van der Waals surface area contributed by atoms with Gasteiger partial charge in [0.1, 0.15) is 0 Å². The number of anilines is 1. The first-order valence-corrected chi connectivity index (χ1v) is 7.12. The van der Waals surface area contributed by atoms with Gasteiger partial charge in [0.15, 0.2) is 6.61 Å². The van der Waals surface area contributed by atoms with Gasteiger partial charge >= 0.3 is 12.0 Å². The molecule has 0 heterocycles. The van der Waals surface area contributed by atoms with Crippen molar-refractivity contribution in [2.75, 3.05) is 18.9 Å². The summed E-state index contributed by atoms with van der Waals surface area (Å²) in [5.41, 5.74) is 5.78. The van der Waals surface area contributed by atoms with Gasteiger partial charge in [-0.3, -0.25) is 10.1 Å². The smallest absolute Gasteiger partial charge is 0.340 e.